The van der Waals surface area contributed by atoms with Crippen LogP contribution in [0.15, 0.2) is 37.2 Å². The molecule has 0 fully saturated rings. The molecule has 3 rings (SSSR count). The summed E-state index contributed by atoms with van der Waals surface area (Å²) in [7, 11) is 0. The molecule has 136 valence electrons. The number of carbonyl (C=O) groups is 1. The minimum absolute atomic E-state index is 0.763. The third kappa shape index (κ3) is 4.48. The number of carbonyl (C=O) groups excluding carboxylic acids is 1. The molecule has 26 heavy (non-hydrogen) atoms. The van der Waals surface area contributed by atoms with Crippen molar-refractivity contribution in [1.29, 1.82) is 0 Å². The summed E-state index contributed by atoms with van der Waals surface area (Å²) in [6.07, 6.45) is 12.9. The van der Waals surface area contributed by atoms with Gasteiger partial charge in [-0.3, -0.25) is 9.78 Å². The van der Waals surface area contributed by atoms with Crippen molar-refractivity contribution < 1.29 is 4.79 Å². The van der Waals surface area contributed by atoms with E-state index in [2.05, 4.69) is 33.9 Å². The first-order valence-corrected chi connectivity index (χ1v) is 9.32. The Morgan fingerprint density at radius 1 is 1.19 bits per heavy atom. The van der Waals surface area contributed by atoms with Crippen LogP contribution >= 0.6 is 0 Å². The summed E-state index contributed by atoms with van der Waals surface area (Å²) in [5, 5.41) is 2.71. The van der Waals surface area contributed by atoms with Crippen LogP contribution in [0.3, 0.4) is 0 Å². The molecule has 2 aromatic rings. The Hall–Kier alpha value is -2.69. The van der Waals surface area contributed by atoms with Crippen LogP contribution in [0.5, 0.6) is 0 Å². The largest absolute Gasteiger partial charge is 0.359 e. The predicted octanol–water partition coefficient (Wildman–Crippen LogP) is 3.66. The molecule has 0 saturated carbocycles. The lowest BCUT2D eigenvalue weighted by molar-refractivity contribution is -0.109. The van der Waals surface area contributed by atoms with Gasteiger partial charge in [0.1, 0.15) is 5.82 Å². The average molecular weight is 350 g/mol. The second-order valence-corrected chi connectivity index (χ2v) is 6.61. The first kappa shape index (κ1) is 18.1. The third-order valence-electron chi connectivity index (χ3n) is 4.74. The number of nitrogens with one attached hydrogen (secondary N) is 1. The first-order chi connectivity index (χ1) is 12.8. The van der Waals surface area contributed by atoms with Crippen LogP contribution in [-0.2, 0) is 17.6 Å². The standard InChI is InChI=1S/C21H26N4O/c1-2-19-9-10-20(15-23-19)25-12-6-8-18-13-17(14-24-21(18)25)7-4-3-5-11-22-16-26/h2,9-10,13-16H,1,3-8,11-12H2,(H,22,26). The summed E-state index contributed by atoms with van der Waals surface area (Å²) in [5.74, 6) is 1.06. The lowest BCUT2D eigenvalue weighted by atomic mass is 10.0. The molecule has 5 heteroatoms. The predicted molar refractivity (Wildman–Crippen MR) is 106 cm³/mol. The fraction of sp³-hybridized carbons (Fsp3) is 0.381. The van der Waals surface area contributed by atoms with E-state index < -0.39 is 0 Å². The highest BCUT2D eigenvalue weighted by atomic mass is 16.1. The molecule has 0 unspecified atom stereocenters. The van der Waals surface area contributed by atoms with Gasteiger partial charge in [-0.2, -0.15) is 0 Å². The maximum absolute atomic E-state index is 10.2. The van der Waals surface area contributed by atoms with Crippen molar-refractivity contribution in [2.45, 2.75) is 38.5 Å². The van der Waals surface area contributed by atoms with Gasteiger partial charge in [-0.15, -0.1) is 0 Å². The van der Waals surface area contributed by atoms with E-state index in [1.165, 1.54) is 11.1 Å². The number of nitrogens with zero attached hydrogens (tertiary/aromatic N) is 3. The van der Waals surface area contributed by atoms with Crippen LogP contribution in [0.2, 0.25) is 0 Å². The maximum Gasteiger partial charge on any atom is 0.207 e. The Morgan fingerprint density at radius 2 is 2.12 bits per heavy atom. The topological polar surface area (TPSA) is 58.1 Å². The molecule has 1 amide bonds. The van der Waals surface area contributed by atoms with Crippen LogP contribution in [0.4, 0.5) is 11.5 Å². The Kier molecular flexibility index (Phi) is 6.36. The van der Waals surface area contributed by atoms with Gasteiger partial charge in [-0.05, 0) is 61.4 Å². The van der Waals surface area contributed by atoms with Crippen LogP contribution < -0.4 is 10.2 Å². The molecule has 5 nitrogen and oxygen atoms in total. The number of anilines is 2. The van der Waals surface area contributed by atoms with Gasteiger partial charge in [-0.1, -0.05) is 19.1 Å². The van der Waals surface area contributed by atoms with Gasteiger partial charge < -0.3 is 10.2 Å². The lowest BCUT2D eigenvalue weighted by Crippen LogP contribution is -2.26. The molecular formula is C21H26N4O. The molecule has 0 radical (unpaired) electrons. The summed E-state index contributed by atoms with van der Waals surface area (Å²) in [6.45, 7) is 5.49. The van der Waals surface area contributed by atoms with Gasteiger partial charge in [0.05, 0.1) is 17.6 Å². The highest BCUT2D eigenvalue weighted by Crippen LogP contribution is 2.32. The summed E-state index contributed by atoms with van der Waals surface area (Å²) >= 11 is 0. The van der Waals surface area contributed by atoms with E-state index in [0.29, 0.717) is 0 Å². The molecule has 0 aromatic carbocycles. The molecule has 0 atom stereocenters. The fourth-order valence-corrected chi connectivity index (χ4v) is 3.37. The zero-order valence-electron chi connectivity index (χ0n) is 15.2. The number of pyridine rings is 2. The molecule has 3 heterocycles. The number of hydrogen-bond acceptors (Lipinski definition) is 4. The van der Waals surface area contributed by atoms with E-state index in [4.69, 9.17) is 4.98 Å². The summed E-state index contributed by atoms with van der Waals surface area (Å²) in [5.41, 5.74) is 4.59. The van der Waals surface area contributed by atoms with Crippen LogP contribution in [0.25, 0.3) is 6.08 Å². The minimum atomic E-state index is 0.763. The van der Waals surface area contributed by atoms with E-state index in [-0.39, 0.29) is 0 Å². The smallest absolute Gasteiger partial charge is 0.207 e. The van der Waals surface area contributed by atoms with Crippen molar-refractivity contribution in [3.63, 3.8) is 0 Å². The zero-order valence-corrected chi connectivity index (χ0v) is 15.2. The lowest BCUT2D eigenvalue weighted by Gasteiger charge is -2.30. The Labute approximate surface area is 155 Å². The van der Waals surface area contributed by atoms with E-state index in [9.17, 15) is 4.79 Å². The second-order valence-electron chi connectivity index (χ2n) is 6.61. The van der Waals surface area contributed by atoms with Gasteiger partial charge in [0.25, 0.3) is 0 Å². The molecule has 1 aliphatic heterocycles. The monoisotopic (exact) mass is 350 g/mol. The molecule has 0 saturated heterocycles. The quantitative estimate of drug-likeness (QED) is 0.554. The first-order valence-electron chi connectivity index (χ1n) is 9.32. The van der Waals surface area contributed by atoms with Crippen LogP contribution in [0.1, 0.15) is 42.5 Å². The van der Waals surface area contributed by atoms with Gasteiger partial charge >= 0.3 is 0 Å². The third-order valence-corrected chi connectivity index (χ3v) is 4.74. The second kappa shape index (κ2) is 9.13. The van der Waals surface area contributed by atoms with Crippen LogP contribution in [0, 0.1) is 0 Å². The van der Waals surface area contributed by atoms with Gasteiger partial charge in [-0.25, -0.2) is 4.98 Å². The number of fused-ring (bicyclic) bond motifs is 1. The molecule has 0 spiro atoms. The average Bonchev–Trinajstić information content (AvgIpc) is 2.70. The molecular weight excluding hydrogens is 324 g/mol. The van der Waals surface area contributed by atoms with Crippen molar-refractivity contribution in [3.05, 3.63) is 54.0 Å². The number of amides is 1. The highest BCUT2D eigenvalue weighted by Gasteiger charge is 2.20. The number of aryl methyl sites for hydroxylation is 2. The SMILES string of the molecule is C=Cc1ccc(N2CCCc3cc(CCCCCNC=O)cnc32)cn1. The Balaban J connectivity index is 1.64. The van der Waals surface area contributed by atoms with E-state index in [1.54, 1.807) is 6.08 Å². The molecule has 0 bridgehead atoms. The maximum atomic E-state index is 10.2. The summed E-state index contributed by atoms with van der Waals surface area (Å²) < 4.78 is 0. The normalized spacial score (nSPS) is 13.2. The number of hydrogen-bond donors (Lipinski definition) is 1. The van der Waals surface area contributed by atoms with E-state index in [1.807, 2.05) is 18.5 Å². The van der Waals surface area contributed by atoms with Crippen molar-refractivity contribution in [3.8, 4) is 0 Å². The van der Waals surface area contributed by atoms with Gasteiger partial charge in [0.2, 0.25) is 6.41 Å². The Bertz CT molecular complexity index is 742. The number of rotatable bonds is 9. The molecule has 0 aliphatic carbocycles. The van der Waals surface area contributed by atoms with E-state index >= 15 is 0 Å². The number of unbranched alkanes of at least 4 members (excludes halogenated alkanes) is 2. The minimum Gasteiger partial charge on any atom is -0.359 e. The summed E-state index contributed by atoms with van der Waals surface area (Å²) in [6, 6.07) is 6.39. The Morgan fingerprint density at radius 3 is 2.88 bits per heavy atom. The van der Waals surface area contributed by atoms with Crippen molar-refractivity contribution >= 4 is 24.0 Å². The van der Waals surface area contributed by atoms with Crippen molar-refractivity contribution in [2.75, 3.05) is 18.0 Å². The van der Waals surface area contributed by atoms with Crippen LogP contribution in [-0.4, -0.2) is 29.5 Å². The van der Waals surface area contributed by atoms with Gasteiger partial charge in [0.15, 0.2) is 0 Å². The van der Waals surface area contributed by atoms with Crippen molar-refractivity contribution in [2.24, 2.45) is 0 Å². The zero-order chi connectivity index (χ0) is 18.2. The van der Waals surface area contributed by atoms with Gasteiger partial charge in [0, 0.05) is 19.3 Å². The van der Waals surface area contributed by atoms with E-state index in [0.717, 1.165) is 75.2 Å². The molecule has 1 aliphatic rings. The highest BCUT2D eigenvalue weighted by molar-refractivity contribution is 5.64. The van der Waals surface area contributed by atoms with Crippen molar-refractivity contribution in [1.82, 2.24) is 15.3 Å². The summed E-state index contributed by atoms with van der Waals surface area (Å²) in [4.78, 5) is 21.7. The fourth-order valence-electron chi connectivity index (χ4n) is 3.37. The number of aromatic nitrogens is 2. The molecule has 1 N–H and O–H groups in total. The molecule has 2 aromatic heterocycles.